The third-order valence-corrected chi connectivity index (χ3v) is 6.22. The van der Waals surface area contributed by atoms with Crippen LogP contribution in [0.5, 0.6) is 0 Å². The van der Waals surface area contributed by atoms with Crippen molar-refractivity contribution in [2.24, 2.45) is 0 Å². The standard InChI is InChI=1S/C34H38FN3O6/c1-33(2,3)42-29(39)20-38(32(40)43-34(4,5)6)19-22-12-14-23(15-13-22)30-36-31(44-37-30)24-16-17-26(25(18-24)21-41-7)27-10-8-9-11-28(27)35/h8-18H,19-21H2,1-7H3. The molecule has 1 amide bonds. The molecule has 3 aromatic carbocycles. The Balaban J connectivity index is 1.53. The first-order chi connectivity index (χ1) is 20.7. The Morgan fingerprint density at radius 1 is 0.864 bits per heavy atom. The summed E-state index contributed by atoms with van der Waals surface area (Å²) in [5, 5.41) is 4.14. The molecule has 0 fully saturated rings. The maximum Gasteiger partial charge on any atom is 0.411 e. The van der Waals surface area contributed by atoms with Gasteiger partial charge in [-0.15, -0.1) is 0 Å². The molecular formula is C34H38FN3O6. The minimum absolute atomic E-state index is 0.128. The molecule has 0 atom stereocenters. The van der Waals surface area contributed by atoms with Gasteiger partial charge in [0.25, 0.3) is 5.89 Å². The predicted molar refractivity (Wildman–Crippen MR) is 164 cm³/mol. The summed E-state index contributed by atoms with van der Waals surface area (Å²) in [6, 6.07) is 19.3. The molecule has 1 aromatic heterocycles. The van der Waals surface area contributed by atoms with Crippen molar-refractivity contribution >= 4 is 12.1 Å². The fourth-order valence-corrected chi connectivity index (χ4v) is 4.42. The molecule has 0 aliphatic carbocycles. The lowest BCUT2D eigenvalue weighted by molar-refractivity contribution is -0.156. The third kappa shape index (κ3) is 8.73. The first-order valence-corrected chi connectivity index (χ1v) is 14.2. The number of halogens is 1. The van der Waals surface area contributed by atoms with Gasteiger partial charge in [0.2, 0.25) is 5.82 Å². The minimum Gasteiger partial charge on any atom is -0.459 e. The van der Waals surface area contributed by atoms with E-state index in [0.717, 1.165) is 16.7 Å². The monoisotopic (exact) mass is 603 g/mol. The lowest BCUT2D eigenvalue weighted by atomic mass is 9.97. The zero-order valence-corrected chi connectivity index (χ0v) is 26.1. The van der Waals surface area contributed by atoms with Crippen LogP contribution in [0, 0.1) is 5.82 Å². The summed E-state index contributed by atoms with van der Waals surface area (Å²) in [5.41, 5.74) is 2.69. The number of benzene rings is 3. The van der Waals surface area contributed by atoms with E-state index in [9.17, 15) is 14.0 Å². The average Bonchev–Trinajstić information content (AvgIpc) is 3.42. The molecule has 0 saturated heterocycles. The van der Waals surface area contributed by atoms with Gasteiger partial charge in [0.1, 0.15) is 23.6 Å². The van der Waals surface area contributed by atoms with Gasteiger partial charge in [0, 0.05) is 30.3 Å². The molecule has 0 bridgehead atoms. The van der Waals surface area contributed by atoms with E-state index >= 15 is 0 Å². The highest BCUT2D eigenvalue weighted by Crippen LogP contribution is 2.31. The molecular weight excluding hydrogens is 565 g/mol. The molecule has 0 N–H and O–H groups in total. The molecule has 0 unspecified atom stereocenters. The first-order valence-electron chi connectivity index (χ1n) is 14.2. The van der Waals surface area contributed by atoms with Gasteiger partial charge in [0.15, 0.2) is 0 Å². The molecule has 44 heavy (non-hydrogen) atoms. The number of rotatable bonds is 9. The maximum atomic E-state index is 14.5. The van der Waals surface area contributed by atoms with Gasteiger partial charge >= 0.3 is 12.1 Å². The minimum atomic E-state index is -0.730. The van der Waals surface area contributed by atoms with E-state index in [1.54, 1.807) is 72.9 Å². The molecule has 4 rings (SSSR count). The number of methoxy groups -OCH3 is 1. The zero-order valence-electron chi connectivity index (χ0n) is 26.1. The summed E-state index contributed by atoms with van der Waals surface area (Å²) in [7, 11) is 1.58. The van der Waals surface area contributed by atoms with Crippen LogP contribution in [0.1, 0.15) is 52.7 Å². The Kier molecular flexibility index (Phi) is 9.84. The summed E-state index contributed by atoms with van der Waals surface area (Å²) in [5.74, 6) is -0.180. The molecule has 1 heterocycles. The number of carbonyl (C=O) groups is 2. The summed E-state index contributed by atoms with van der Waals surface area (Å²) >= 11 is 0. The van der Waals surface area contributed by atoms with Crippen molar-refractivity contribution < 1.29 is 32.7 Å². The number of carbonyl (C=O) groups excluding carboxylic acids is 2. The lowest BCUT2D eigenvalue weighted by Crippen LogP contribution is -2.41. The van der Waals surface area contributed by atoms with Crippen molar-refractivity contribution in [3.8, 4) is 34.0 Å². The van der Waals surface area contributed by atoms with Crippen LogP contribution >= 0.6 is 0 Å². The Morgan fingerprint density at radius 3 is 2.16 bits per heavy atom. The van der Waals surface area contributed by atoms with E-state index in [4.69, 9.17) is 18.7 Å². The lowest BCUT2D eigenvalue weighted by Gasteiger charge is -2.28. The Bertz CT molecular complexity index is 1600. The third-order valence-electron chi connectivity index (χ3n) is 6.22. The van der Waals surface area contributed by atoms with E-state index in [-0.39, 0.29) is 25.5 Å². The largest absolute Gasteiger partial charge is 0.459 e. The van der Waals surface area contributed by atoms with Crippen LogP contribution in [-0.4, -0.2) is 52.0 Å². The predicted octanol–water partition coefficient (Wildman–Crippen LogP) is 7.43. The zero-order chi connectivity index (χ0) is 32.1. The Morgan fingerprint density at radius 2 is 1.52 bits per heavy atom. The molecule has 0 aliphatic rings. The van der Waals surface area contributed by atoms with Gasteiger partial charge in [-0.25, -0.2) is 9.18 Å². The van der Waals surface area contributed by atoms with Gasteiger partial charge in [-0.2, -0.15) is 4.98 Å². The van der Waals surface area contributed by atoms with Gasteiger partial charge in [-0.1, -0.05) is 53.7 Å². The van der Waals surface area contributed by atoms with E-state index in [0.29, 0.717) is 28.4 Å². The second kappa shape index (κ2) is 13.4. The molecule has 0 aliphatic heterocycles. The van der Waals surface area contributed by atoms with Crippen molar-refractivity contribution in [1.29, 1.82) is 0 Å². The molecule has 0 spiro atoms. The second-order valence-electron chi connectivity index (χ2n) is 12.3. The van der Waals surface area contributed by atoms with Gasteiger partial charge in [0.05, 0.1) is 6.61 Å². The molecule has 10 heteroatoms. The fraction of sp³-hybridized carbons (Fsp3) is 0.353. The molecule has 0 saturated carbocycles. The molecule has 232 valence electrons. The van der Waals surface area contributed by atoms with Crippen molar-refractivity contribution in [2.75, 3.05) is 13.7 Å². The summed E-state index contributed by atoms with van der Waals surface area (Å²) in [6.45, 7) is 10.7. The van der Waals surface area contributed by atoms with Crippen molar-refractivity contribution in [3.05, 3.63) is 83.7 Å². The normalized spacial score (nSPS) is 11.7. The topological polar surface area (TPSA) is 104 Å². The fourth-order valence-electron chi connectivity index (χ4n) is 4.42. The van der Waals surface area contributed by atoms with Crippen LogP contribution in [0.15, 0.2) is 71.3 Å². The number of esters is 1. The van der Waals surface area contributed by atoms with Gasteiger partial charge in [-0.3, -0.25) is 9.69 Å². The highest BCUT2D eigenvalue weighted by atomic mass is 19.1. The van der Waals surface area contributed by atoms with E-state index < -0.39 is 23.3 Å². The number of amides is 1. The summed E-state index contributed by atoms with van der Waals surface area (Å²) in [4.78, 5) is 31.3. The number of hydrogen-bond acceptors (Lipinski definition) is 8. The smallest absolute Gasteiger partial charge is 0.411 e. The van der Waals surface area contributed by atoms with Crippen molar-refractivity contribution in [3.63, 3.8) is 0 Å². The van der Waals surface area contributed by atoms with Crippen LogP contribution in [0.2, 0.25) is 0 Å². The number of ether oxygens (including phenoxy) is 3. The molecule has 0 radical (unpaired) electrons. The quantitative estimate of drug-likeness (QED) is 0.182. The SMILES string of the molecule is COCc1cc(-c2nc(-c3ccc(CN(CC(=O)OC(C)(C)C)C(=O)OC(C)(C)C)cc3)no2)ccc1-c1ccccc1F. The highest BCUT2D eigenvalue weighted by molar-refractivity contribution is 5.78. The highest BCUT2D eigenvalue weighted by Gasteiger charge is 2.27. The van der Waals surface area contributed by atoms with E-state index in [2.05, 4.69) is 10.1 Å². The van der Waals surface area contributed by atoms with E-state index in [1.807, 2.05) is 36.4 Å². The van der Waals surface area contributed by atoms with Crippen LogP contribution in [-0.2, 0) is 32.2 Å². The second-order valence-corrected chi connectivity index (χ2v) is 12.3. The van der Waals surface area contributed by atoms with Crippen LogP contribution < -0.4 is 0 Å². The molecule has 9 nitrogen and oxygen atoms in total. The number of nitrogens with zero attached hydrogens (tertiary/aromatic N) is 3. The average molecular weight is 604 g/mol. The summed E-state index contributed by atoms with van der Waals surface area (Å²) < 4.78 is 36.4. The summed E-state index contributed by atoms with van der Waals surface area (Å²) in [6.07, 6.45) is -0.621. The van der Waals surface area contributed by atoms with Crippen molar-refractivity contribution in [2.45, 2.75) is 65.9 Å². The van der Waals surface area contributed by atoms with Crippen LogP contribution in [0.3, 0.4) is 0 Å². The van der Waals surface area contributed by atoms with E-state index in [1.165, 1.54) is 11.0 Å². The molecule has 4 aromatic rings. The number of aromatic nitrogens is 2. The van der Waals surface area contributed by atoms with Gasteiger partial charge < -0.3 is 18.7 Å². The Hall–Kier alpha value is -4.57. The first kappa shape index (κ1) is 32.3. The van der Waals surface area contributed by atoms with Gasteiger partial charge in [-0.05, 0) is 76.4 Å². The Labute approximate surface area is 256 Å². The van der Waals surface area contributed by atoms with Crippen LogP contribution in [0.25, 0.3) is 34.0 Å². The van der Waals surface area contributed by atoms with Crippen molar-refractivity contribution in [1.82, 2.24) is 15.0 Å². The van der Waals surface area contributed by atoms with Crippen LogP contribution in [0.4, 0.5) is 9.18 Å². The maximum absolute atomic E-state index is 14.5. The number of hydrogen-bond donors (Lipinski definition) is 0.